The van der Waals surface area contributed by atoms with E-state index < -0.39 is 0 Å². The number of nitrogens with zero attached hydrogens (tertiary/aromatic N) is 2. The largest absolute Gasteiger partial charge is 0.368 e. The summed E-state index contributed by atoms with van der Waals surface area (Å²) in [6.07, 6.45) is 0.116. The molecule has 0 bridgehead atoms. The van der Waals surface area contributed by atoms with Crippen molar-refractivity contribution in [1.29, 1.82) is 0 Å². The minimum Gasteiger partial charge on any atom is -0.368 e. The lowest BCUT2D eigenvalue weighted by molar-refractivity contribution is 0.0272. The molecule has 0 saturated carbocycles. The summed E-state index contributed by atoms with van der Waals surface area (Å²) in [4.78, 5) is 0. The van der Waals surface area contributed by atoms with Crippen LogP contribution in [0, 0.1) is 6.92 Å². The van der Waals surface area contributed by atoms with Gasteiger partial charge in [-0.25, -0.2) is 0 Å². The molecule has 0 aromatic carbocycles. The molecule has 0 radical (unpaired) electrons. The Morgan fingerprint density at radius 3 is 3.08 bits per heavy atom. The van der Waals surface area contributed by atoms with Crippen LogP contribution in [-0.2, 0) is 4.74 Å². The molecule has 2 rings (SSSR count). The van der Waals surface area contributed by atoms with Crippen molar-refractivity contribution in [2.24, 2.45) is 0 Å². The first kappa shape index (κ1) is 8.10. The third-order valence-corrected chi connectivity index (χ3v) is 2.68. The van der Waals surface area contributed by atoms with Crippen molar-refractivity contribution in [1.82, 2.24) is 15.5 Å². The molecule has 1 N–H and O–H groups in total. The number of aryl methyl sites for hydroxylation is 1. The smallest absolute Gasteiger partial charge is 0.147 e. The van der Waals surface area contributed by atoms with Crippen LogP contribution < -0.4 is 5.32 Å². The SMILES string of the molecule is Cc1nnc(C2CNCCO2)s1. The Hall–Kier alpha value is -0.520. The van der Waals surface area contributed by atoms with Crippen molar-refractivity contribution in [2.45, 2.75) is 13.0 Å². The molecule has 0 spiro atoms. The summed E-state index contributed by atoms with van der Waals surface area (Å²) in [5, 5.41) is 13.2. The van der Waals surface area contributed by atoms with Crippen LogP contribution in [0.3, 0.4) is 0 Å². The van der Waals surface area contributed by atoms with E-state index in [2.05, 4.69) is 15.5 Å². The average molecular weight is 185 g/mol. The molecular weight excluding hydrogens is 174 g/mol. The lowest BCUT2D eigenvalue weighted by Crippen LogP contribution is -2.33. The van der Waals surface area contributed by atoms with Crippen molar-refractivity contribution in [3.63, 3.8) is 0 Å². The summed E-state index contributed by atoms with van der Waals surface area (Å²) in [6, 6.07) is 0. The quantitative estimate of drug-likeness (QED) is 0.692. The highest BCUT2D eigenvalue weighted by molar-refractivity contribution is 7.11. The molecule has 0 aliphatic carbocycles. The van der Waals surface area contributed by atoms with Crippen LogP contribution in [0.25, 0.3) is 0 Å². The molecular formula is C7H11N3OS. The van der Waals surface area contributed by atoms with Gasteiger partial charge in [0.15, 0.2) is 0 Å². The Kier molecular flexibility index (Phi) is 2.34. The molecule has 1 fully saturated rings. The summed E-state index contributed by atoms with van der Waals surface area (Å²) < 4.78 is 5.52. The third-order valence-electron chi connectivity index (χ3n) is 1.74. The maximum Gasteiger partial charge on any atom is 0.147 e. The highest BCUT2D eigenvalue weighted by Gasteiger charge is 2.18. The molecule has 1 atom stereocenters. The van der Waals surface area contributed by atoms with Crippen LogP contribution in [0.15, 0.2) is 0 Å². The van der Waals surface area contributed by atoms with Crippen LogP contribution in [0.2, 0.25) is 0 Å². The standard InChI is InChI=1S/C7H11N3OS/c1-5-9-10-7(12-5)6-4-8-2-3-11-6/h6,8H,2-4H2,1H3. The van der Waals surface area contributed by atoms with Gasteiger partial charge in [0.2, 0.25) is 0 Å². The van der Waals surface area contributed by atoms with Crippen molar-refractivity contribution >= 4 is 11.3 Å². The Labute approximate surface area is 75.0 Å². The van der Waals surface area contributed by atoms with Gasteiger partial charge in [0.05, 0.1) is 6.61 Å². The maximum atomic E-state index is 5.52. The number of aromatic nitrogens is 2. The van der Waals surface area contributed by atoms with E-state index in [1.165, 1.54) is 0 Å². The van der Waals surface area contributed by atoms with E-state index in [4.69, 9.17) is 4.74 Å². The van der Waals surface area contributed by atoms with E-state index in [0.29, 0.717) is 0 Å². The molecule has 1 aliphatic rings. The van der Waals surface area contributed by atoms with Gasteiger partial charge in [0.25, 0.3) is 0 Å². The van der Waals surface area contributed by atoms with Crippen molar-refractivity contribution in [3.05, 3.63) is 10.0 Å². The second-order valence-corrected chi connectivity index (χ2v) is 3.94. The zero-order valence-electron chi connectivity index (χ0n) is 6.91. The van der Waals surface area contributed by atoms with Crippen molar-refractivity contribution in [2.75, 3.05) is 19.7 Å². The zero-order valence-corrected chi connectivity index (χ0v) is 7.73. The normalized spacial score (nSPS) is 24.2. The van der Waals surface area contributed by atoms with Gasteiger partial charge >= 0.3 is 0 Å². The fourth-order valence-electron chi connectivity index (χ4n) is 1.17. The van der Waals surface area contributed by atoms with Crippen LogP contribution >= 0.6 is 11.3 Å². The third kappa shape index (κ3) is 1.63. The fraction of sp³-hybridized carbons (Fsp3) is 0.714. The minimum absolute atomic E-state index is 0.116. The van der Waals surface area contributed by atoms with Crippen molar-refractivity contribution in [3.8, 4) is 0 Å². The van der Waals surface area contributed by atoms with E-state index in [-0.39, 0.29) is 6.10 Å². The Bertz CT molecular complexity index is 257. The number of nitrogens with one attached hydrogen (secondary N) is 1. The highest BCUT2D eigenvalue weighted by atomic mass is 32.1. The van der Waals surface area contributed by atoms with Crippen LogP contribution in [0.4, 0.5) is 0 Å². The van der Waals surface area contributed by atoms with E-state index >= 15 is 0 Å². The first-order valence-corrected chi connectivity index (χ1v) is 4.80. The summed E-state index contributed by atoms with van der Waals surface area (Å²) in [5.74, 6) is 0. The predicted molar refractivity (Wildman–Crippen MR) is 46.2 cm³/mol. The van der Waals surface area contributed by atoms with Gasteiger partial charge in [-0.15, -0.1) is 10.2 Å². The first-order chi connectivity index (χ1) is 5.86. The van der Waals surface area contributed by atoms with Gasteiger partial charge in [-0.2, -0.15) is 0 Å². The number of hydrogen-bond donors (Lipinski definition) is 1. The van der Waals surface area contributed by atoms with Gasteiger partial charge in [-0.1, -0.05) is 11.3 Å². The molecule has 1 aromatic rings. The van der Waals surface area contributed by atoms with Gasteiger partial charge < -0.3 is 10.1 Å². The molecule has 1 saturated heterocycles. The summed E-state index contributed by atoms with van der Waals surface area (Å²) in [5.41, 5.74) is 0. The van der Waals surface area contributed by atoms with E-state index in [1.54, 1.807) is 11.3 Å². The highest BCUT2D eigenvalue weighted by Crippen LogP contribution is 2.21. The summed E-state index contributed by atoms with van der Waals surface area (Å²) in [7, 11) is 0. The predicted octanol–water partition coefficient (Wildman–Crippen LogP) is 0.507. The average Bonchev–Trinajstić information content (AvgIpc) is 2.54. The molecule has 4 nitrogen and oxygen atoms in total. The monoisotopic (exact) mass is 185 g/mol. The zero-order chi connectivity index (χ0) is 8.39. The first-order valence-electron chi connectivity index (χ1n) is 3.98. The van der Waals surface area contributed by atoms with Gasteiger partial charge in [-0.05, 0) is 6.92 Å². The Morgan fingerprint density at radius 2 is 2.50 bits per heavy atom. The van der Waals surface area contributed by atoms with E-state index in [1.807, 2.05) is 6.92 Å². The molecule has 66 valence electrons. The lowest BCUT2D eigenvalue weighted by atomic mass is 10.3. The molecule has 1 aromatic heterocycles. The molecule has 1 unspecified atom stereocenters. The Balaban J connectivity index is 2.08. The van der Waals surface area contributed by atoms with Gasteiger partial charge in [0, 0.05) is 13.1 Å². The second-order valence-electron chi connectivity index (χ2n) is 2.72. The van der Waals surface area contributed by atoms with E-state index in [9.17, 15) is 0 Å². The van der Waals surface area contributed by atoms with E-state index in [0.717, 1.165) is 29.7 Å². The maximum absolute atomic E-state index is 5.52. The molecule has 1 aliphatic heterocycles. The molecule has 0 amide bonds. The topological polar surface area (TPSA) is 47.0 Å². The summed E-state index contributed by atoms with van der Waals surface area (Å²) >= 11 is 1.61. The number of morpholine rings is 1. The minimum atomic E-state index is 0.116. The Morgan fingerprint density at radius 1 is 1.58 bits per heavy atom. The second kappa shape index (κ2) is 3.47. The lowest BCUT2D eigenvalue weighted by Gasteiger charge is -2.20. The van der Waals surface area contributed by atoms with Gasteiger partial charge in [0.1, 0.15) is 16.1 Å². The molecule has 5 heteroatoms. The number of rotatable bonds is 1. The fourth-order valence-corrected chi connectivity index (χ4v) is 1.91. The summed E-state index contributed by atoms with van der Waals surface area (Å²) in [6.45, 7) is 4.52. The van der Waals surface area contributed by atoms with Crippen molar-refractivity contribution < 1.29 is 4.74 Å². The van der Waals surface area contributed by atoms with Gasteiger partial charge in [-0.3, -0.25) is 0 Å². The van der Waals surface area contributed by atoms with Crippen LogP contribution in [0.5, 0.6) is 0 Å². The van der Waals surface area contributed by atoms with Crippen LogP contribution in [0.1, 0.15) is 16.1 Å². The number of hydrogen-bond acceptors (Lipinski definition) is 5. The molecule has 2 heterocycles. The number of ether oxygens (including phenoxy) is 1. The van der Waals surface area contributed by atoms with Crippen LogP contribution in [-0.4, -0.2) is 29.9 Å². The molecule has 12 heavy (non-hydrogen) atoms.